The fraction of sp³-hybridized carbons (Fsp3) is 0.636. The van der Waals surface area contributed by atoms with Crippen molar-refractivity contribution in [2.24, 2.45) is 11.8 Å². The van der Waals surface area contributed by atoms with Crippen LogP contribution in [0.25, 0.3) is 0 Å². The van der Waals surface area contributed by atoms with Crippen molar-refractivity contribution in [3.05, 3.63) is 29.3 Å². The summed E-state index contributed by atoms with van der Waals surface area (Å²) in [6.45, 7) is 4.88. The molecule has 0 aromatic heterocycles. The molecule has 4 heteroatoms. The molecule has 1 amide bonds. The van der Waals surface area contributed by atoms with Crippen molar-refractivity contribution in [2.75, 3.05) is 6.54 Å². The van der Waals surface area contributed by atoms with Gasteiger partial charge in [0, 0.05) is 30.9 Å². The third-order valence-electron chi connectivity index (χ3n) is 5.79. The van der Waals surface area contributed by atoms with Crippen LogP contribution in [0.4, 0.5) is 0 Å². The zero-order chi connectivity index (χ0) is 18.5. The highest BCUT2D eigenvalue weighted by Crippen LogP contribution is 2.31. The van der Waals surface area contributed by atoms with E-state index in [-0.39, 0.29) is 17.9 Å². The molecule has 1 fully saturated rings. The summed E-state index contributed by atoms with van der Waals surface area (Å²) in [4.78, 5) is 24.6. The van der Waals surface area contributed by atoms with Gasteiger partial charge >= 0.3 is 0 Å². The Morgan fingerprint density at radius 2 is 1.96 bits per heavy atom. The molecule has 4 nitrogen and oxygen atoms in total. The lowest BCUT2D eigenvalue weighted by molar-refractivity contribution is -0.124. The van der Waals surface area contributed by atoms with Crippen molar-refractivity contribution in [1.29, 1.82) is 0 Å². The van der Waals surface area contributed by atoms with Crippen LogP contribution >= 0.6 is 0 Å². The first-order chi connectivity index (χ1) is 12.6. The van der Waals surface area contributed by atoms with Crippen LogP contribution in [-0.4, -0.2) is 24.3 Å². The Hall–Kier alpha value is -1.84. The maximum atomic E-state index is 12.5. The largest absolute Gasteiger partial charge is 0.490 e. The average molecular weight is 357 g/mol. The van der Waals surface area contributed by atoms with E-state index in [1.54, 1.807) is 0 Å². The Labute approximate surface area is 156 Å². The van der Waals surface area contributed by atoms with Crippen molar-refractivity contribution >= 4 is 11.7 Å². The smallest absolute Gasteiger partial charge is 0.251 e. The van der Waals surface area contributed by atoms with E-state index in [0.717, 1.165) is 62.7 Å². The molecule has 142 valence electrons. The molecular formula is C22H31NO3. The average Bonchev–Trinajstić information content (AvgIpc) is 3.03. The summed E-state index contributed by atoms with van der Waals surface area (Å²) < 4.78 is 5.69. The van der Waals surface area contributed by atoms with Crippen molar-refractivity contribution in [3.8, 4) is 5.75 Å². The fourth-order valence-electron chi connectivity index (χ4n) is 4.15. The Morgan fingerprint density at radius 1 is 1.19 bits per heavy atom. The number of rotatable bonds is 7. The number of hydrogen-bond donors (Lipinski definition) is 1. The maximum absolute atomic E-state index is 12.5. The standard InChI is InChI=1S/C22H31NO3/c1-3-4-5-20(24)17-8-6-16(7-9-17)14-23-22(25)18-10-11-21-19(13-18)12-15(2)26-21/h10-11,13,15-17H,3-9,12,14H2,1-2H3,(H,23,25). The van der Waals surface area contributed by atoms with Crippen molar-refractivity contribution in [2.45, 2.75) is 71.3 Å². The molecule has 0 spiro atoms. The highest BCUT2D eigenvalue weighted by Gasteiger charge is 2.26. The zero-order valence-corrected chi connectivity index (χ0v) is 16.1. The van der Waals surface area contributed by atoms with Crippen LogP contribution in [0, 0.1) is 11.8 Å². The minimum atomic E-state index is -0.00602. The Kier molecular flexibility index (Phi) is 6.33. The fourth-order valence-corrected chi connectivity index (χ4v) is 4.15. The van der Waals surface area contributed by atoms with Crippen molar-refractivity contribution in [3.63, 3.8) is 0 Å². The number of carbonyl (C=O) groups excluding carboxylic acids is 2. The second kappa shape index (κ2) is 8.70. The Morgan fingerprint density at radius 3 is 2.69 bits per heavy atom. The molecule has 1 aromatic rings. The van der Waals surface area contributed by atoms with Crippen molar-refractivity contribution in [1.82, 2.24) is 5.32 Å². The quantitative estimate of drug-likeness (QED) is 0.791. The number of Topliss-reactive ketones (excluding diaryl/α,β-unsaturated/α-hetero) is 1. The maximum Gasteiger partial charge on any atom is 0.251 e. The molecule has 1 aromatic carbocycles. The van der Waals surface area contributed by atoms with Gasteiger partial charge in [0.25, 0.3) is 5.91 Å². The number of nitrogens with one attached hydrogen (secondary N) is 1. The van der Waals surface area contributed by atoms with Gasteiger partial charge in [0.05, 0.1) is 0 Å². The molecule has 1 heterocycles. The van der Waals surface area contributed by atoms with Gasteiger partial charge in [0.2, 0.25) is 0 Å². The molecule has 1 unspecified atom stereocenters. The summed E-state index contributed by atoms with van der Waals surface area (Å²) in [7, 11) is 0. The number of fused-ring (bicyclic) bond motifs is 1. The minimum absolute atomic E-state index is 0.00602. The predicted octanol–water partition coefficient (Wildman–Crippen LogP) is 4.31. The van der Waals surface area contributed by atoms with E-state index in [9.17, 15) is 9.59 Å². The van der Waals surface area contributed by atoms with Gasteiger partial charge < -0.3 is 10.1 Å². The van der Waals surface area contributed by atoms with Gasteiger partial charge in [-0.2, -0.15) is 0 Å². The summed E-state index contributed by atoms with van der Waals surface area (Å²) in [5.74, 6) is 2.09. The number of carbonyl (C=O) groups is 2. The number of amides is 1. The molecule has 1 aliphatic heterocycles. The first kappa shape index (κ1) is 18.9. The molecule has 0 bridgehead atoms. The Bertz CT molecular complexity index is 647. The third kappa shape index (κ3) is 4.66. The molecule has 2 aliphatic rings. The van der Waals surface area contributed by atoms with Gasteiger partial charge in [-0.25, -0.2) is 0 Å². The van der Waals surface area contributed by atoms with Gasteiger partial charge in [-0.05, 0) is 68.7 Å². The van der Waals surface area contributed by atoms with Gasteiger partial charge in [0.15, 0.2) is 0 Å². The van der Waals surface area contributed by atoms with Crippen LogP contribution in [0.5, 0.6) is 5.75 Å². The predicted molar refractivity (Wildman–Crippen MR) is 103 cm³/mol. The molecule has 0 saturated heterocycles. The molecule has 3 rings (SSSR count). The monoisotopic (exact) mass is 357 g/mol. The van der Waals surface area contributed by atoms with E-state index in [1.165, 1.54) is 0 Å². The topological polar surface area (TPSA) is 55.4 Å². The highest BCUT2D eigenvalue weighted by atomic mass is 16.5. The SMILES string of the molecule is CCCCC(=O)C1CCC(CNC(=O)c2ccc3c(c2)CC(C)O3)CC1. The third-order valence-corrected chi connectivity index (χ3v) is 5.79. The van der Waals surface area contributed by atoms with E-state index in [2.05, 4.69) is 12.2 Å². The lowest BCUT2D eigenvalue weighted by atomic mass is 9.79. The van der Waals surface area contributed by atoms with Crippen LogP contribution in [0.15, 0.2) is 18.2 Å². The van der Waals surface area contributed by atoms with E-state index >= 15 is 0 Å². The van der Waals surface area contributed by atoms with Gasteiger partial charge in [-0.1, -0.05) is 13.3 Å². The lowest BCUT2D eigenvalue weighted by Crippen LogP contribution is -2.32. The summed E-state index contributed by atoms with van der Waals surface area (Å²) in [6.07, 6.45) is 7.94. The summed E-state index contributed by atoms with van der Waals surface area (Å²) >= 11 is 0. The summed E-state index contributed by atoms with van der Waals surface area (Å²) in [6, 6.07) is 5.70. The van der Waals surface area contributed by atoms with Crippen LogP contribution < -0.4 is 10.1 Å². The second-order valence-corrected chi connectivity index (χ2v) is 7.95. The van der Waals surface area contributed by atoms with Crippen LogP contribution in [0.1, 0.15) is 74.7 Å². The van der Waals surface area contributed by atoms with Gasteiger partial charge in [-0.3, -0.25) is 9.59 Å². The molecule has 26 heavy (non-hydrogen) atoms. The highest BCUT2D eigenvalue weighted by molar-refractivity contribution is 5.94. The molecule has 1 N–H and O–H groups in total. The molecule has 1 aliphatic carbocycles. The first-order valence-electron chi connectivity index (χ1n) is 10.2. The molecular weight excluding hydrogens is 326 g/mol. The van der Waals surface area contributed by atoms with E-state index in [4.69, 9.17) is 4.74 Å². The van der Waals surface area contributed by atoms with Crippen molar-refractivity contribution < 1.29 is 14.3 Å². The zero-order valence-electron chi connectivity index (χ0n) is 16.1. The van der Waals surface area contributed by atoms with Gasteiger partial charge in [0.1, 0.15) is 17.6 Å². The number of ketones is 1. The number of benzene rings is 1. The first-order valence-corrected chi connectivity index (χ1v) is 10.2. The van der Waals surface area contributed by atoms with E-state index in [0.29, 0.717) is 23.8 Å². The second-order valence-electron chi connectivity index (χ2n) is 7.95. The normalized spacial score (nSPS) is 24.6. The Balaban J connectivity index is 1.43. The molecule has 1 saturated carbocycles. The summed E-state index contributed by atoms with van der Waals surface area (Å²) in [5, 5.41) is 3.08. The molecule has 1 atom stereocenters. The number of hydrogen-bond acceptors (Lipinski definition) is 3. The number of unbranched alkanes of at least 4 members (excludes halogenated alkanes) is 1. The molecule has 0 radical (unpaired) electrons. The van der Waals surface area contributed by atoms with Crippen LogP contribution in [0.3, 0.4) is 0 Å². The van der Waals surface area contributed by atoms with E-state index < -0.39 is 0 Å². The summed E-state index contributed by atoms with van der Waals surface area (Å²) in [5.41, 5.74) is 1.83. The number of ether oxygens (including phenoxy) is 1. The van der Waals surface area contributed by atoms with E-state index in [1.807, 2.05) is 25.1 Å². The van der Waals surface area contributed by atoms with Crippen LogP contribution in [-0.2, 0) is 11.2 Å². The minimum Gasteiger partial charge on any atom is -0.490 e. The van der Waals surface area contributed by atoms with Crippen LogP contribution in [0.2, 0.25) is 0 Å². The lowest BCUT2D eigenvalue weighted by Gasteiger charge is -2.27. The van der Waals surface area contributed by atoms with Gasteiger partial charge in [-0.15, -0.1) is 0 Å².